The van der Waals surface area contributed by atoms with Crippen LogP contribution in [0.15, 0.2) is 24.3 Å². The largest absolute Gasteiger partial charge is 0.339 e. The molecule has 1 saturated heterocycles. The Labute approximate surface area is 126 Å². The van der Waals surface area contributed by atoms with E-state index in [9.17, 15) is 9.18 Å². The topological polar surface area (TPSA) is 32.3 Å². The number of nitrogens with one attached hydrogen (secondary N) is 1. The van der Waals surface area contributed by atoms with Gasteiger partial charge in [0.1, 0.15) is 5.82 Å². The number of benzene rings is 1. The van der Waals surface area contributed by atoms with E-state index in [0.29, 0.717) is 12.3 Å². The standard InChI is InChI=1S/C17H25FN2O/c1-13(15-4-6-16(18)7-5-15)20(2)17(21)8-3-14-9-11-19-12-10-14/h4-7,13-14,19H,3,8-12H2,1-2H3. The van der Waals surface area contributed by atoms with Gasteiger partial charge in [-0.05, 0) is 62.9 Å². The van der Waals surface area contributed by atoms with Crippen molar-refractivity contribution in [1.29, 1.82) is 0 Å². The molecule has 0 bridgehead atoms. The molecular weight excluding hydrogens is 267 g/mol. The van der Waals surface area contributed by atoms with Crippen molar-refractivity contribution in [2.75, 3.05) is 20.1 Å². The molecule has 1 aromatic rings. The average Bonchev–Trinajstić information content (AvgIpc) is 2.53. The van der Waals surface area contributed by atoms with E-state index in [1.807, 2.05) is 14.0 Å². The highest BCUT2D eigenvalue weighted by Gasteiger charge is 2.20. The molecule has 116 valence electrons. The molecule has 4 heteroatoms. The van der Waals surface area contributed by atoms with Gasteiger partial charge in [0.05, 0.1) is 6.04 Å². The Morgan fingerprint density at radius 1 is 1.33 bits per heavy atom. The van der Waals surface area contributed by atoms with Crippen LogP contribution in [0.5, 0.6) is 0 Å². The fraction of sp³-hybridized carbons (Fsp3) is 0.588. The van der Waals surface area contributed by atoms with Crippen LogP contribution in [-0.4, -0.2) is 30.9 Å². The maximum Gasteiger partial charge on any atom is 0.222 e. The highest BCUT2D eigenvalue weighted by Crippen LogP contribution is 2.22. The Morgan fingerprint density at radius 2 is 1.95 bits per heavy atom. The monoisotopic (exact) mass is 292 g/mol. The van der Waals surface area contributed by atoms with Crippen LogP contribution in [0.4, 0.5) is 4.39 Å². The van der Waals surface area contributed by atoms with Gasteiger partial charge in [0.25, 0.3) is 0 Å². The molecule has 3 nitrogen and oxygen atoms in total. The van der Waals surface area contributed by atoms with E-state index in [-0.39, 0.29) is 17.8 Å². The highest BCUT2D eigenvalue weighted by atomic mass is 19.1. The summed E-state index contributed by atoms with van der Waals surface area (Å²) in [6, 6.07) is 6.36. The maximum absolute atomic E-state index is 13.0. The van der Waals surface area contributed by atoms with Crippen molar-refractivity contribution >= 4 is 5.91 Å². The lowest BCUT2D eigenvalue weighted by atomic mass is 9.93. The zero-order valence-electron chi connectivity index (χ0n) is 12.9. The third-order valence-corrected chi connectivity index (χ3v) is 4.55. The normalized spacial score (nSPS) is 17.5. The van der Waals surface area contributed by atoms with E-state index in [1.54, 1.807) is 17.0 Å². The van der Waals surface area contributed by atoms with Crippen molar-refractivity contribution in [3.8, 4) is 0 Å². The molecule has 1 amide bonds. The SMILES string of the molecule is CC(c1ccc(F)cc1)N(C)C(=O)CCC1CCNCC1. The lowest BCUT2D eigenvalue weighted by Gasteiger charge is -2.27. The minimum Gasteiger partial charge on any atom is -0.339 e. The summed E-state index contributed by atoms with van der Waals surface area (Å²) < 4.78 is 13.0. The predicted molar refractivity (Wildman–Crippen MR) is 82.4 cm³/mol. The quantitative estimate of drug-likeness (QED) is 0.904. The number of rotatable bonds is 5. The average molecular weight is 292 g/mol. The molecule has 0 spiro atoms. The van der Waals surface area contributed by atoms with Gasteiger partial charge >= 0.3 is 0 Å². The number of carbonyl (C=O) groups excluding carboxylic acids is 1. The van der Waals surface area contributed by atoms with Gasteiger partial charge in [-0.3, -0.25) is 4.79 Å². The number of hydrogen-bond acceptors (Lipinski definition) is 2. The first-order valence-corrected chi connectivity index (χ1v) is 7.79. The van der Waals surface area contributed by atoms with E-state index in [4.69, 9.17) is 0 Å². The molecule has 0 aliphatic carbocycles. The zero-order chi connectivity index (χ0) is 15.2. The van der Waals surface area contributed by atoms with E-state index < -0.39 is 0 Å². The Morgan fingerprint density at radius 3 is 2.57 bits per heavy atom. The van der Waals surface area contributed by atoms with Crippen molar-refractivity contribution in [2.45, 2.75) is 38.6 Å². The Balaban J connectivity index is 1.84. The highest BCUT2D eigenvalue weighted by molar-refractivity contribution is 5.76. The van der Waals surface area contributed by atoms with Crippen LogP contribution < -0.4 is 5.32 Å². The molecule has 1 fully saturated rings. The predicted octanol–water partition coefficient (Wildman–Crippen LogP) is 3.12. The lowest BCUT2D eigenvalue weighted by molar-refractivity contribution is -0.132. The van der Waals surface area contributed by atoms with Crippen molar-refractivity contribution in [3.05, 3.63) is 35.6 Å². The number of halogens is 1. The number of carbonyl (C=O) groups is 1. The summed E-state index contributed by atoms with van der Waals surface area (Å²) in [6.07, 6.45) is 3.92. The third kappa shape index (κ3) is 4.53. The smallest absolute Gasteiger partial charge is 0.222 e. The van der Waals surface area contributed by atoms with Crippen molar-refractivity contribution < 1.29 is 9.18 Å². The number of nitrogens with zero attached hydrogens (tertiary/aromatic N) is 1. The Hall–Kier alpha value is -1.42. The molecule has 1 aliphatic rings. The van der Waals surface area contributed by atoms with Gasteiger partial charge in [-0.15, -0.1) is 0 Å². The second kappa shape index (κ2) is 7.55. The van der Waals surface area contributed by atoms with Gasteiger partial charge in [0.15, 0.2) is 0 Å². The molecule has 2 rings (SSSR count). The van der Waals surface area contributed by atoms with E-state index >= 15 is 0 Å². The summed E-state index contributed by atoms with van der Waals surface area (Å²) in [5.74, 6) is 0.598. The molecule has 1 heterocycles. The van der Waals surface area contributed by atoms with Gasteiger partial charge in [-0.1, -0.05) is 12.1 Å². The summed E-state index contributed by atoms with van der Waals surface area (Å²) in [7, 11) is 1.83. The van der Waals surface area contributed by atoms with Crippen LogP contribution in [0.25, 0.3) is 0 Å². The van der Waals surface area contributed by atoms with Crippen LogP contribution in [0, 0.1) is 11.7 Å². The van der Waals surface area contributed by atoms with Gasteiger partial charge in [0.2, 0.25) is 5.91 Å². The molecule has 1 N–H and O–H groups in total. The molecule has 1 unspecified atom stereocenters. The van der Waals surface area contributed by atoms with Gasteiger partial charge < -0.3 is 10.2 Å². The molecule has 0 aromatic heterocycles. The van der Waals surface area contributed by atoms with Crippen LogP contribution in [0.2, 0.25) is 0 Å². The van der Waals surface area contributed by atoms with Crippen molar-refractivity contribution in [1.82, 2.24) is 10.2 Å². The first-order valence-electron chi connectivity index (χ1n) is 7.79. The molecule has 0 saturated carbocycles. The lowest BCUT2D eigenvalue weighted by Crippen LogP contribution is -2.31. The number of hydrogen-bond donors (Lipinski definition) is 1. The summed E-state index contributed by atoms with van der Waals surface area (Å²) in [6.45, 7) is 4.12. The van der Waals surface area contributed by atoms with E-state index in [1.165, 1.54) is 25.0 Å². The fourth-order valence-electron chi connectivity index (χ4n) is 2.86. The molecule has 1 aliphatic heterocycles. The first-order chi connectivity index (χ1) is 10.1. The molecule has 1 aromatic carbocycles. The van der Waals surface area contributed by atoms with Crippen LogP contribution in [0.1, 0.15) is 44.2 Å². The summed E-state index contributed by atoms with van der Waals surface area (Å²) in [4.78, 5) is 14.1. The van der Waals surface area contributed by atoms with Crippen molar-refractivity contribution in [3.63, 3.8) is 0 Å². The molecule has 21 heavy (non-hydrogen) atoms. The second-order valence-electron chi connectivity index (χ2n) is 5.96. The zero-order valence-corrected chi connectivity index (χ0v) is 12.9. The summed E-state index contributed by atoms with van der Waals surface area (Å²) in [5.41, 5.74) is 0.967. The minimum absolute atomic E-state index is 0.0221. The van der Waals surface area contributed by atoms with Gasteiger partial charge in [0, 0.05) is 13.5 Å². The second-order valence-corrected chi connectivity index (χ2v) is 5.96. The number of amides is 1. The van der Waals surface area contributed by atoms with Crippen LogP contribution >= 0.6 is 0 Å². The fourth-order valence-corrected chi connectivity index (χ4v) is 2.86. The first kappa shape index (κ1) is 16.0. The Kier molecular flexibility index (Phi) is 5.74. The number of piperidine rings is 1. The van der Waals surface area contributed by atoms with E-state index in [2.05, 4.69) is 5.32 Å². The third-order valence-electron chi connectivity index (χ3n) is 4.55. The van der Waals surface area contributed by atoms with Crippen LogP contribution in [-0.2, 0) is 4.79 Å². The maximum atomic E-state index is 13.0. The van der Waals surface area contributed by atoms with Gasteiger partial charge in [-0.25, -0.2) is 4.39 Å². The minimum atomic E-state index is -0.245. The van der Waals surface area contributed by atoms with Crippen molar-refractivity contribution in [2.24, 2.45) is 5.92 Å². The Bertz CT molecular complexity index is 454. The summed E-state index contributed by atoms with van der Waals surface area (Å²) >= 11 is 0. The van der Waals surface area contributed by atoms with Crippen LogP contribution in [0.3, 0.4) is 0 Å². The molecule has 1 atom stereocenters. The summed E-state index contributed by atoms with van der Waals surface area (Å²) in [5, 5.41) is 3.34. The molecular formula is C17H25FN2O. The van der Waals surface area contributed by atoms with E-state index in [0.717, 1.165) is 25.1 Å². The van der Waals surface area contributed by atoms with Gasteiger partial charge in [-0.2, -0.15) is 0 Å². The molecule has 0 radical (unpaired) electrons.